The van der Waals surface area contributed by atoms with Crippen LogP contribution in [0.5, 0.6) is 0 Å². The summed E-state index contributed by atoms with van der Waals surface area (Å²) in [5, 5.41) is 14.6. The second-order valence-electron chi connectivity index (χ2n) is 3.73. The van der Waals surface area contributed by atoms with Crippen LogP contribution in [0.2, 0.25) is 0 Å². The fraction of sp³-hybridized carbons (Fsp3) is 0.273. The first-order chi connectivity index (χ1) is 7.65. The second-order valence-corrected chi connectivity index (χ2v) is 3.73. The van der Waals surface area contributed by atoms with Gasteiger partial charge in [0.1, 0.15) is 0 Å². The number of amides is 1. The Bertz CT molecular complexity index is 414. The molecule has 0 aromatic heterocycles. The van der Waals surface area contributed by atoms with E-state index in [-0.39, 0.29) is 17.5 Å². The monoisotopic (exact) mass is 220 g/mol. The minimum absolute atomic E-state index is 0.0413. The quantitative estimate of drug-likeness (QED) is 0.700. The first-order valence-electron chi connectivity index (χ1n) is 5.02. The normalized spacial score (nSPS) is 19.2. The predicted octanol–water partition coefficient (Wildman–Crippen LogP) is 0.685. The predicted molar refractivity (Wildman–Crippen MR) is 58.4 cm³/mol. The highest BCUT2D eigenvalue weighted by atomic mass is 16.4. The summed E-state index contributed by atoms with van der Waals surface area (Å²) < 4.78 is 0. The van der Waals surface area contributed by atoms with Gasteiger partial charge in [-0.25, -0.2) is 4.79 Å². The number of aromatic carboxylic acids is 1. The van der Waals surface area contributed by atoms with Crippen molar-refractivity contribution in [3.63, 3.8) is 0 Å². The fourth-order valence-electron chi connectivity index (χ4n) is 1.65. The smallest absolute Gasteiger partial charge is 0.335 e. The average Bonchev–Trinajstić information content (AvgIpc) is 2.65. The molecular formula is C11H12N2O3. The van der Waals surface area contributed by atoms with Gasteiger partial charge in [-0.3, -0.25) is 4.79 Å². The highest BCUT2D eigenvalue weighted by Crippen LogP contribution is 2.13. The number of carbonyl (C=O) groups is 2. The molecule has 84 valence electrons. The van der Waals surface area contributed by atoms with Crippen LogP contribution in [0.4, 0.5) is 5.69 Å². The van der Waals surface area contributed by atoms with Crippen LogP contribution >= 0.6 is 0 Å². The second kappa shape index (κ2) is 4.22. The van der Waals surface area contributed by atoms with E-state index in [1.807, 2.05) is 0 Å². The Hall–Kier alpha value is -2.04. The molecule has 3 N–H and O–H groups in total. The van der Waals surface area contributed by atoms with E-state index in [1.165, 1.54) is 12.1 Å². The molecule has 0 radical (unpaired) electrons. The van der Waals surface area contributed by atoms with Gasteiger partial charge in [0.25, 0.3) is 0 Å². The number of hydrogen-bond acceptors (Lipinski definition) is 3. The van der Waals surface area contributed by atoms with Crippen LogP contribution in [0.3, 0.4) is 0 Å². The number of benzene rings is 1. The first-order valence-corrected chi connectivity index (χ1v) is 5.02. The molecule has 0 saturated carbocycles. The third-order valence-electron chi connectivity index (χ3n) is 2.48. The van der Waals surface area contributed by atoms with E-state index in [1.54, 1.807) is 12.1 Å². The zero-order valence-corrected chi connectivity index (χ0v) is 8.56. The van der Waals surface area contributed by atoms with Crippen molar-refractivity contribution in [1.29, 1.82) is 0 Å². The van der Waals surface area contributed by atoms with Crippen molar-refractivity contribution >= 4 is 17.6 Å². The van der Waals surface area contributed by atoms with Gasteiger partial charge in [-0.05, 0) is 24.3 Å². The summed E-state index contributed by atoms with van der Waals surface area (Å²) in [4.78, 5) is 21.6. The molecule has 16 heavy (non-hydrogen) atoms. The molecule has 1 aliphatic rings. The Morgan fingerprint density at radius 1 is 1.38 bits per heavy atom. The van der Waals surface area contributed by atoms with E-state index in [4.69, 9.17) is 5.11 Å². The van der Waals surface area contributed by atoms with Crippen LogP contribution in [0, 0.1) is 0 Å². The van der Waals surface area contributed by atoms with Crippen LogP contribution in [0.15, 0.2) is 24.3 Å². The third-order valence-corrected chi connectivity index (χ3v) is 2.48. The molecule has 0 spiro atoms. The van der Waals surface area contributed by atoms with Gasteiger partial charge in [0, 0.05) is 18.7 Å². The van der Waals surface area contributed by atoms with Crippen molar-refractivity contribution < 1.29 is 14.7 Å². The first kappa shape index (κ1) is 10.5. The lowest BCUT2D eigenvalue weighted by Gasteiger charge is -2.11. The van der Waals surface area contributed by atoms with E-state index in [2.05, 4.69) is 10.6 Å². The molecule has 0 aliphatic carbocycles. The summed E-state index contributed by atoms with van der Waals surface area (Å²) >= 11 is 0. The van der Waals surface area contributed by atoms with Gasteiger partial charge in [-0.15, -0.1) is 0 Å². The van der Waals surface area contributed by atoms with Crippen molar-refractivity contribution in [2.75, 3.05) is 11.9 Å². The standard InChI is InChI=1S/C11H12N2O3/c14-10-5-9(6-12-10)13-8-3-1-7(2-4-8)11(15)16/h1-4,9,13H,5-6H2,(H,12,14)(H,15,16). The molecule has 1 heterocycles. The van der Waals surface area contributed by atoms with Crippen molar-refractivity contribution in [3.8, 4) is 0 Å². The minimum atomic E-state index is -0.940. The summed E-state index contributed by atoms with van der Waals surface area (Å²) in [6.45, 7) is 0.611. The summed E-state index contributed by atoms with van der Waals surface area (Å²) in [5.41, 5.74) is 1.08. The van der Waals surface area contributed by atoms with Crippen LogP contribution in [0.1, 0.15) is 16.8 Å². The van der Waals surface area contributed by atoms with Gasteiger partial charge in [-0.1, -0.05) is 0 Å². The Labute approximate surface area is 92.5 Å². The number of hydrogen-bond donors (Lipinski definition) is 3. The van der Waals surface area contributed by atoms with Crippen LogP contribution in [-0.4, -0.2) is 29.6 Å². The maximum Gasteiger partial charge on any atom is 0.335 e. The molecule has 1 saturated heterocycles. The molecule has 0 bridgehead atoms. The van der Waals surface area contributed by atoms with Gasteiger partial charge in [0.15, 0.2) is 0 Å². The number of rotatable bonds is 3. The zero-order chi connectivity index (χ0) is 11.5. The number of carboxylic acid groups (broad SMARTS) is 1. The maximum atomic E-state index is 11.0. The number of carboxylic acids is 1. The third kappa shape index (κ3) is 2.31. The Morgan fingerprint density at radius 2 is 2.06 bits per heavy atom. The number of anilines is 1. The van der Waals surface area contributed by atoms with Crippen LogP contribution in [0.25, 0.3) is 0 Å². The lowest BCUT2D eigenvalue weighted by Crippen LogP contribution is -2.22. The summed E-state index contributed by atoms with van der Waals surface area (Å²) in [7, 11) is 0. The van der Waals surface area contributed by atoms with E-state index in [9.17, 15) is 9.59 Å². The molecule has 1 aliphatic heterocycles. The summed E-state index contributed by atoms with van der Waals surface area (Å²) in [6, 6.07) is 6.56. The van der Waals surface area contributed by atoms with Crippen molar-refractivity contribution in [1.82, 2.24) is 5.32 Å². The Balaban J connectivity index is 2.00. The molecule has 5 nitrogen and oxygen atoms in total. The molecule has 1 aromatic carbocycles. The van der Waals surface area contributed by atoms with Crippen LogP contribution < -0.4 is 10.6 Å². The Kier molecular flexibility index (Phi) is 2.76. The average molecular weight is 220 g/mol. The van der Waals surface area contributed by atoms with E-state index >= 15 is 0 Å². The topological polar surface area (TPSA) is 78.4 Å². The van der Waals surface area contributed by atoms with Crippen molar-refractivity contribution in [2.45, 2.75) is 12.5 Å². The molecule has 1 fully saturated rings. The highest BCUT2D eigenvalue weighted by Gasteiger charge is 2.20. The lowest BCUT2D eigenvalue weighted by atomic mass is 10.2. The zero-order valence-electron chi connectivity index (χ0n) is 8.56. The molecular weight excluding hydrogens is 208 g/mol. The van der Waals surface area contributed by atoms with Crippen LogP contribution in [-0.2, 0) is 4.79 Å². The van der Waals surface area contributed by atoms with Gasteiger partial charge >= 0.3 is 5.97 Å². The molecule has 1 atom stereocenters. The lowest BCUT2D eigenvalue weighted by molar-refractivity contribution is -0.119. The molecule has 2 rings (SSSR count). The molecule has 1 aromatic rings. The van der Waals surface area contributed by atoms with Gasteiger partial charge < -0.3 is 15.7 Å². The molecule has 1 amide bonds. The number of carbonyl (C=O) groups excluding carboxylic acids is 1. The largest absolute Gasteiger partial charge is 0.478 e. The van der Waals surface area contributed by atoms with Gasteiger partial charge in [0.05, 0.1) is 11.6 Å². The summed E-state index contributed by atoms with van der Waals surface area (Å²) in [6.07, 6.45) is 0.459. The highest BCUT2D eigenvalue weighted by molar-refractivity contribution is 5.88. The number of nitrogens with one attached hydrogen (secondary N) is 2. The molecule has 1 unspecified atom stereocenters. The fourth-order valence-corrected chi connectivity index (χ4v) is 1.65. The van der Waals surface area contributed by atoms with Gasteiger partial charge in [0.2, 0.25) is 5.91 Å². The Morgan fingerprint density at radius 3 is 2.56 bits per heavy atom. The van der Waals surface area contributed by atoms with Gasteiger partial charge in [-0.2, -0.15) is 0 Å². The summed E-state index contributed by atoms with van der Waals surface area (Å²) in [5.74, 6) is -0.899. The SMILES string of the molecule is O=C1CC(Nc2ccc(C(=O)O)cc2)CN1. The van der Waals surface area contributed by atoms with E-state index in [0.717, 1.165) is 5.69 Å². The van der Waals surface area contributed by atoms with E-state index in [0.29, 0.717) is 13.0 Å². The molecule has 5 heteroatoms. The maximum absolute atomic E-state index is 11.0. The van der Waals surface area contributed by atoms with E-state index < -0.39 is 5.97 Å². The van der Waals surface area contributed by atoms with Crippen molar-refractivity contribution in [3.05, 3.63) is 29.8 Å². The minimum Gasteiger partial charge on any atom is -0.478 e. The van der Waals surface area contributed by atoms with Crippen molar-refractivity contribution in [2.24, 2.45) is 0 Å².